The first-order chi connectivity index (χ1) is 15.6. The van der Waals surface area contributed by atoms with Gasteiger partial charge in [0.15, 0.2) is 0 Å². The lowest BCUT2D eigenvalue weighted by Crippen LogP contribution is -2.41. The molecule has 180 valence electrons. The first kappa shape index (κ1) is 24.8. The van der Waals surface area contributed by atoms with Gasteiger partial charge in [-0.05, 0) is 18.1 Å². The van der Waals surface area contributed by atoms with Gasteiger partial charge in [-0.15, -0.1) is 0 Å². The normalized spacial score (nSPS) is 23.2. The Morgan fingerprint density at radius 3 is 2.67 bits per heavy atom. The quantitative estimate of drug-likeness (QED) is 0.344. The number of aromatic amines is 1. The van der Waals surface area contributed by atoms with Gasteiger partial charge in [0.25, 0.3) is 0 Å². The zero-order valence-electron chi connectivity index (χ0n) is 17.9. The highest BCUT2D eigenvalue weighted by molar-refractivity contribution is 7.52. The Labute approximate surface area is 187 Å². The van der Waals surface area contributed by atoms with Crippen LogP contribution in [0.3, 0.4) is 0 Å². The van der Waals surface area contributed by atoms with Crippen LogP contribution in [-0.4, -0.2) is 55.6 Å². The van der Waals surface area contributed by atoms with Crippen molar-refractivity contribution < 1.29 is 33.4 Å². The Morgan fingerprint density at radius 2 is 2.06 bits per heavy atom. The maximum Gasteiger partial charge on any atom is 0.459 e. The van der Waals surface area contributed by atoms with E-state index in [1.807, 2.05) is 4.98 Å². The number of aliphatic carboxylic acids is 1. The minimum absolute atomic E-state index is 0.0251. The number of para-hydroxylation sites is 1. The molecule has 1 saturated heterocycles. The Balaban J connectivity index is 1.75. The number of aromatic nitrogens is 3. The molecule has 1 aliphatic heterocycles. The number of hydrogen-bond acceptors (Lipinski definition) is 9. The van der Waals surface area contributed by atoms with E-state index in [9.17, 15) is 29.2 Å². The van der Waals surface area contributed by atoms with Crippen LogP contribution in [0.1, 0.15) is 26.5 Å². The number of aliphatic hydroxyl groups is 1. The van der Waals surface area contributed by atoms with Crippen LogP contribution in [0.15, 0.2) is 46.2 Å². The van der Waals surface area contributed by atoms with E-state index in [1.165, 1.54) is 12.1 Å². The number of benzene rings is 1. The largest absolute Gasteiger partial charge is 0.480 e. The second kappa shape index (κ2) is 10.4. The lowest BCUT2D eigenvalue weighted by Gasteiger charge is -2.26. The number of rotatable bonds is 10. The fraction of sp³-hybridized carbons (Fsp3) is 0.474. The molecule has 4 N–H and O–H groups in total. The molecule has 0 saturated carbocycles. The molecule has 1 aromatic carbocycles. The highest BCUT2D eigenvalue weighted by atomic mass is 31.2. The van der Waals surface area contributed by atoms with Gasteiger partial charge in [0.05, 0.1) is 12.7 Å². The second-order valence-corrected chi connectivity index (χ2v) is 9.40. The number of H-pyrrole nitrogens is 1. The third-order valence-corrected chi connectivity index (χ3v) is 6.40. The van der Waals surface area contributed by atoms with Gasteiger partial charge in [-0.25, -0.2) is 14.2 Å². The van der Waals surface area contributed by atoms with Gasteiger partial charge in [-0.3, -0.25) is 18.9 Å². The van der Waals surface area contributed by atoms with Crippen LogP contribution >= 0.6 is 7.75 Å². The molecule has 0 radical (unpaired) electrons. The van der Waals surface area contributed by atoms with E-state index in [1.54, 1.807) is 32.0 Å². The molecule has 1 aromatic heterocycles. The average Bonchev–Trinajstić information content (AvgIpc) is 3.11. The average molecular weight is 484 g/mol. The number of ether oxygens (including phenoxy) is 1. The van der Waals surface area contributed by atoms with Crippen LogP contribution < -0.4 is 21.0 Å². The number of hydrogen-bond donors (Lipinski definition) is 4. The number of nitrogens with one attached hydrogen (secondary N) is 2. The summed E-state index contributed by atoms with van der Waals surface area (Å²) in [7, 11) is -4.24. The summed E-state index contributed by atoms with van der Waals surface area (Å²) >= 11 is 0. The van der Waals surface area contributed by atoms with Gasteiger partial charge < -0.3 is 19.5 Å². The van der Waals surface area contributed by atoms with E-state index in [2.05, 4.69) is 10.1 Å². The zero-order chi connectivity index (χ0) is 24.2. The van der Waals surface area contributed by atoms with Crippen molar-refractivity contribution in [3.63, 3.8) is 0 Å². The van der Waals surface area contributed by atoms with Crippen molar-refractivity contribution in [2.45, 2.75) is 44.7 Å². The number of carboxylic acid groups (broad SMARTS) is 1. The highest BCUT2D eigenvalue weighted by Crippen LogP contribution is 2.46. The molecule has 13 nitrogen and oxygen atoms in total. The lowest BCUT2D eigenvalue weighted by molar-refractivity contribution is -0.140. The molecule has 2 heterocycles. The maximum absolute atomic E-state index is 13.4. The molecule has 1 fully saturated rings. The molecular formula is C19H25N4O9P. The summed E-state index contributed by atoms with van der Waals surface area (Å²) in [5.41, 5.74) is -1.59. The molecule has 0 bridgehead atoms. The van der Waals surface area contributed by atoms with E-state index in [0.29, 0.717) is 0 Å². The van der Waals surface area contributed by atoms with Crippen LogP contribution in [0.25, 0.3) is 0 Å². The maximum atomic E-state index is 13.4. The number of carbonyl (C=O) groups is 1. The molecular weight excluding hydrogens is 459 g/mol. The zero-order valence-corrected chi connectivity index (χ0v) is 18.8. The fourth-order valence-electron chi connectivity index (χ4n) is 3.14. The summed E-state index contributed by atoms with van der Waals surface area (Å²) in [6.45, 7) is 2.82. The van der Waals surface area contributed by atoms with Gasteiger partial charge in [-0.1, -0.05) is 32.0 Å². The Morgan fingerprint density at radius 1 is 1.36 bits per heavy atom. The molecule has 3 rings (SSSR count). The molecule has 0 aliphatic carbocycles. The van der Waals surface area contributed by atoms with Crippen molar-refractivity contribution in [3.8, 4) is 5.75 Å². The van der Waals surface area contributed by atoms with Crippen molar-refractivity contribution in [1.29, 1.82) is 0 Å². The molecule has 14 heteroatoms. The fourth-order valence-corrected chi connectivity index (χ4v) is 4.81. The SMILES string of the molecule is CC(C)C(NP(=O)(OC[C@H]1O[C@@H](n2cnc(=O)[nH]c2=O)C[C@@H]1O)Oc1ccccc1)C(=O)O. The Kier molecular flexibility index (Phi) is 7.82. The summed E-state index contributed by atoms with van der Waals surface area (Å²) in [6.07, 6.45) is -2.12. The topological polar surface area (TPSA) is 182 Å². The lowest BCUT2D eigenvalue weighted by atomic mass is 10.1. The van der Waals surface area contributed by atoms with Gasteiger partial charge in [0, 0.05) is 6.42 Å². The summed E-state index contributed by atoms with van der Waals surface area (Å²) in [5, 5.41) is 22.3. The third kappa shape index (κ3) is 6.36. The molecule has 5 atom stereocenters. The number of nitrogens with zero attached hydrogens (tertiary/aromatic N) is 2. The minimum atomic E-state index is -4.24. The van der Waals surface area contributed by atoms with E-state index in [4.69, 9.17) is 13.8 Å². The molecule has 1 aliphatic rings. The summed E-state index contributed by atoms with van der Waals surface area (Å²) in [5.74, 6) is -1.51. The number of carboxylic acids is 1. The molecule has 33 heavy (non-hydrogen) atoms. The van der Waals surface area contributed by atoms with E-state index in [0.717, 1.165) is 10.9 Å². The first-order valence-electron chi connectivity index (χ1n) is 10.1. The molecule has 0 spiro atoms. The van der Waals surface area contributed by atoms with Crippen molar-refractivity contribution in [2.75, 3.05) is 6.61 Å². The summed E-state index contributed by atoms with van der Waals surface area (Å²) in [4.78, 5) is 40.2. The Bertz CT molecular complexity index is 1120. The number of aliphatic hydroxyl groups excluding tert-OH is 1. The van der Waals surface area contributed by atoms with E-state index in [-0.39, 0.29) is 12.2 Å². The monoisotopic (exact) mass is 484 g/mol. The van der Waals surface area contributed by atoms with Gasteiger partial charge in [0.2, 0.25) is 0 Å². The van der Waals surface area contributed by atoms with E-state index >= 15 is 0 Å². The Hall–Kier alpha value is -2.83. The van der Waals surface area contributed by atoms with Crippen molar-refractivity contribution >= 4 is 13.7 Å². The molecule has 2 aromatic rings. The first-order valence-corrected chi connectivity index (χ1v) is 11.6. The van der Waals surface area contributed by atoms with Crippen LogP contribution in [0.5, 0.6) is 5.75 Å². The summed E-state index contributed by atoms with van der Waals surface area (Å²) in [6, 6.07) is 6.80. The predicted octanol–water partition coefficient (Wildman–Crippen LogP) is 0.483. The highest BCUT2D eigenvalue weighted by Gasteiger charge is 2.40. The predicted molar refractivity (Wildman–Crippen MR) is 114 cm³/mol. The third-order valence-electron chi connectivity index (χ3n) is 4.87. The summed E-state index contributed by atoms with van der Waals surface area (Å²) < 4.78 is 31.0. The van der Waals surface area contributed by atoms with Crippen LogP contribution in [0.4, 0.5) is 0 Å². The van der Waals surface area contributed by atoms with Gasteiger partial charge in [0.1, 0.15) is 30.5 Å². The van der Waals surface area contributed by atoms with Crippen molar-refractivity contribution in [3.05, 3.63) is 57.6 Å². The van der Waals surface area contributed by atoms with Gasteiger partial charge in [-0.2, -0.15) is 10.1 Å². The smallest absolute Gasteiger partial charge is 0.459 e. The van der Waals surface area contributed by atoms with Crippen molar-refractivity contribution in [1.82, 2.24) is 19.6 Å². The second-order valence-electron chi connectivity index (χ2n) is 7.71. The van der Waals surface area contributed by atoms with Gasteiger partial charge >= 0.3 is 25.1 Å². The minimum Gasteiger partial charge on any atom is -0.480 e. The van der Waals surface area contributed by atoms with Crippen LogP contribution in [0, 0.1) is 5.92 Å². The van der Waals surface area contributed by atoms with Crippen LogP contribution in [0.2, 0.25) is 0 Å². The van der Waals surface area contributed by atoms with Crippen molar-refractivity contribution in [2.24, 2.45) is 5.92 Å². The standard InChI is InChI=1S/C19H25N4O9P/c1-11(2)16(17(25)26)22-33(29,32-12-6-4-3-5-7-12)30-9-14-13(24)8-15(31-14)23-10-20-18(27)21-19(23)28/h3-7,10-11,13-16,24H,8-9H2,1-2H3,(H,22,29)(H,25,26)(H,21,27,28)/t13-,14+,15+,16?,33?/m0/s1. The van der Waals surface area contributed by atoms with Crippen LogP contribution in [-0.2, 0) is 18.6 Å². The molecule has 0 amide bonds. The van der Waals surface area contributed by atoms with E-state index < -0.39 is 62.1 Å². The molecule has 2 unspecified atom stereocenters.